The smallest absolute Gasteiger partial charge is 0.271 e. The minimum atomic E-state index is -0.391. The molecule has 0 unspecified atom stereocenters. The van der Waals surface area contributed by atoms with E-state index >= 15 is 0 Å². The summed E-state index contributed by atoms with van der Waals surface area (Å²) in [6, 6.07) is 13.3. The van der Waals surface area contributed by atoms with Gasteiger partial charge in [0, 0.05) is 5.39 Å². The molecule has 2 aromatic carbocycles. The number of aromatic nitrogens is 2. The Morgan fingerprint density at radius 2 is 2.05 bits per heavy atom. The molecule has 0 radical (unpaired) electrons. The number of amides is 1. The van der Waals surface area contributed by atoms with Crippen molar-refractivity contribution < 1.29 is 9.53 Å². The Morgan fingerprint density at radius 1 is 1.23 bits per heavy atom. The molecule has 3 aromatic rings. The average Bonchev–Trinajstić information content (AvgIpc) is 2.93. The highest BCUT2D eigenvalue weighted by Crippen LogP contribution is 2.28. The number of carbonyl (C=O) groups is 1. The lowest BCUT2D eigenvalue weighted by molar-refractivity contribution is -0.123. The van der Waals surface area contributed by atoms with Gasteiger partial charge in [0.15, 0.2) is 12.4 Å². The zero-order valence-electron chi connectivity index (χ0n) is 11.7. The van der Waals surface area contributed by atoms with Crippen molar-refractivity contribution in [2.75, 3.05) is 12.3 Å². The third kappa shape index (κ3) is 2.70. The first kappa shape index (κ1) is 13.9. The van der Waals surface area contributed by atoms with Gasteiger partial charge in [-0.05, 0) is 35.4 Å². The molecule has 7 heteroatoms. The van der Waals surface area contributed by atoms with E-state index in [9.17, 15) is 4.79 Å². The minimum absolute atomic E-state index is 0.131. The number of benzene rings is 2. The van der Waals surface area contributed by atoms with E-state index in [1.807, 2.05) is 41.8 Å². The van der Waals surface area contributed by atoms with Crippen molar-refractivity contribution in [2.24, 2.45) is 5.84 Å². The zero-order chi connectivity index (χ0) is 15.5. The molecule has 0 saturated heterocycles. The Labute approximate surface area is 126 Å². The summed E-state index contributed by atoms with van der Waals surface area (Å²) in [4.78, 5) is 11.1. The van der Waals surface area contributed by atoms with Crippen LogP contribution in [0.3, 0.4) is 0 Å². The lowest BCUT2D eigenvalue weighted by Crippen LogP contribution is -2.34. The van der Waals surface area contributed by atoms with Crippen molar-refractivity contribution >= 4 is 22.6 Å². The maximum atomic E-state index is 11.1. The number of nitrogens with one attached hydrogen (secondary N) is 2. The van der Waals surface area contributed by atoms with Gasteiger partial charge in [-0.2, -0.15) is 5.10 Å². The van der Waals surface area contributed by atoms with Gasteiger partial charge in [0.05, 0.1) is 5.52 Å². The summed E-state index contributed by atoms with van der Waals surface area (Å²) in [5, 5.41) is 7.71. The maximum absolute atomic E-state index is 11.1. The summed E-state index contributed by atoms with van der Waals surface area (Å²) >= 11 is 0. The second kappa shape index (κ2) is 5.74. The predicted octanol–water partition coefficient (Wildman–Crippen LogP) is 1.18. The van der Waals surface area contributed by atoms with Gasteiger partial charge in [0.25, 0.3) is 5.91 Å². The molecule has 0 spiro atoms. The van der Waals surface area contributed by atoms with E-state index in [2.05, 4.69) is 10.2 Å². The van der Waals surface area contributed by atoms with E-state index in [1.54, 1.807) is 6.07 Å². The van der Waals surface area contributed by atoms with Crippen LogP contribution < -0.4 is 21.7 Å². The fourth-order valence-electron chi connectivity index (χ4n) is 2.17. The summed E-state index contributed by atoms with van der Waals surface area (Å²) in [6.07, 6.45) is 0. The van der Waals surface area contributed by atoms with Gasteiger partial charge in [0.1, 0.15) is 5.75 Å². The van der Waals surface area contributed by atoms with Gasteiger partial charge >= 0.3 is 0 Å². The first-order chi connectivity index (χ1) is 10.7. The summed E-state index contributed by atoms with van der Waals surface area (Å²) in [5.74, 6) is 5.67. The van der Waals surface area contributed by atoms with Crippen LogP contribution in [0, 0.1) is 0 Å². The largest absolute Gasteiger partial charge is 0.484 e. The van der Waals surface area contributed by atoms with Gasteiger partial charge < -0.3 is 10.5 Å². The highest BCUT2D eigenvalue weighted by Gasteiger charge is 2.06. The number of ether oxygens (including phenoxy) is 1. The number of H-pyrrole nitrogens is 1. The van der Waals surface area contributed by atoms with Crippen LogP contribution in [-0.2, 0) is 4.79 Å². The molecule has 1 amide bonds. The van der Waals surface area contributed by atoms with Crippen molar-refractivity contribution in [3.63, 3.8) is 0 Å². The highest BCUT2D eigenvalue weighted by molar-refractivity contribution is 5.92. The van der Waals surface area contributed by atoms with Crippen LogP contribution in [0.4, 0.5) is 5.82 Å². The molecule has 0 saturated carbocycles. The SMILES string of the molecule is NNC(=O)COc1cccc(-c2ccc3[nH]nc(N)c3c2)c1. The maximum Gasteiger partial charge on any atom is 0.271 e. The summed E-state index contributed by atoms with van der Waals surface area (Å²) in [7, 11) is 0. The van der Waals surface area contributed by atoms with Crippen molar-refractivity contribution in [2.45, 2.75) is 0 Å². The van der Waals surface area contributed by atoms with Gasteiger partial charge in [-0.25, -0.2) is 5.84 Å². The Kier molecular flexibility index (Phi) is 3.63. The lowest BCUT2D eigenvalue weighted by atomic mass is 10.0. The van der Waals surface area contributed by atoms with Crippen molar-refractivity contribution in [3.8, 4) is 16.9 Å². The van der Waals surface area contributed by atoms with E-state index in [4.69, 9.17) is 16.3 Å². The number of nitrogens with zero attached hydrogens (tertiary/aromatic N) is 1. The third-order valence-corrected chi connectivity index (χ3v) is 3.29. The van der Waals surface area contributed by atoms with E-state index < -0.39 is 5.91 Å². The number of nitrogen functional groups attached to an aromatic ring is 1. The van der Waals surface area contributed by atoms with Crippen LogP contribution in [-0.4, -0.2) is 22.7 Å². The zero-order valence-corrected chi connectivity index (χ0v) is 11.7. The number of anilines is 1. The van der Waals surface area contributed by atoms with Crippen LogP contribution in [0.25, 0.3) is 22.0 Å². The molecule has 0 aliphatic heterocycles. The first-order valence-electron chi connectivity index (χ1n) is 6.63. The molecule has 0 aliphatic carbocycles. The van der Waals surface area contributed by atoms with Crippen LogP contribution in [0.15, 0.2) is 42.5 Å². The monoisotopic (exact) mass is 297 g/mol. The minimum Gasteiger partial charge on any atom is -0.484 e. The molecule has 1 aromatic heterocycles. The predicted molar refractivity (Wildman–Crippen MR) is 83.8 cm³/mol. The van der Waals surface area contributed by atoms with Gasteiger partial charge in [0.2, 0.25) is 0 Å². The average molecular weight is 297 g/mol. The lowest BCUT2D eigenvalue weighted by Gasteiger charge is -2.08. The molecule has 0 aliphatic rings. The molecular formula is C15H15N5O2. The van der Waals surface area contributed by atoms with E-state index in [-0.39, 0.29) is 6.61 Å². The van der Waals surface area contributed by atoms with E-state index in [0.29, 0.717) is 11.6 Å². The van der Waals surface area contributed by atoms with Crippen molar-refractivity contribution in [3.05, 3.63) is 42.5 Å². The Morgan fingerprint density at radius 3 is 2.86 bits per heavy atom. The van der Waals surface area contributed by atoms with Gasteiger partial charge in [-0.1, -0.05) is 18.2 Å². The quantitative estimate of drug-likeness (QED) is 0.327. The standard InChI is InChI=1S/C15H15N5O2/c16-15-12-7-10(4-5-13(12)19-20-15)9-2-1-3-11(6-9)22-8-14(21)18-17/h1-7H,8,17H2,(H,18,21)(H3,16,19,20). The first-order valence-corrected chi connectivity index (χ1v) is 6.63. The molecule has 0 atom stereocenters. The number of hydrogen-bond acceptors (Lipinski definition) is 5. The molecule has 112 valence electrons. The van der Waals surface area contributed by atoms with Crippen LogP contribution in [0.5, 0.6) is 5.75 Å². The molecule has 6 N–H and O–H groups in total. The molecule has 1 heterocycles. The summed E-state index contributed by atoms with van der Waals surface area (Å²) in [6.45, 7) is -0.131. The van der Waals surface area contributed by atoms with Gasteiger partial charge in [-0.3, -0.25) is 15.3 Å². The van der Waals surface area contributed by atoms with Crippen LogP contribution in [0.1, 0.15) is 0 Å². The number of carbonyl (C=O) groups excluding carboxylic acids is 1. The number of rotatable bonds is 4. The Bertz CT molecular complexity index is 828. The van der Waals surface area contributed by atoms with E-state index in [0.717, 1.165) is 22.0 Å². The molecule has 0 bridgehead atoms. The van der Waals surface area contributed by atoms with E-state index in [1.165, 1.54) is 0 Å². The van der Waals surface area contributed by atoms with Crippen LogP contribution >= 0.6 is 0 Å². The van der Waals surface area contributed by atoms with Gasteiger partial charge in [-0.15, -0.1) is 0 Å². The molecule has 3 rings (SSSR count). The molecule has 22 heavy (non-hydrogen) atoms. The fourth-order valence-corrected chi connectivity index (χ4v) is 2.17. The normalized spacial score (nSPS) is 10.6. The third-order valence-electron chi connectivity index (χ3n) is 3.29. The molecule has 7 nitrogen and oxygen atoms in total. The summed E-state index contributed by atoms with van der Waals surface area (Å²) < 4.78 is 5.38. The number of hydrazine groups is 1. The number of fused-ring (bicyclic) bond motifs is 1. The van der Waals surface area contributed by atoms with Crippen LogP contribution in [0.2, 0.25) is 0 Å². The fraction of sp³-hybridized carbons (Fsp3) is 0.0667. The molecule has 0 fully saturated rings. The molecular weight excluding hydrogens is 282 g/mol. The Hall–Kier alpha value is -3.06. The second-order valence-electron chi connectivity index (χ2n) is 4.75. The topological polar surface area (TPSA) is 119 Å². The van der Waals surface area contributed by atoms with Crippen molar-refractivity contribution in [1.82, 2.24) is 15.6 Å². The number of hydrogen-bond donors (Lipinski definition) is 4. The highest BCUT2D eigenvalue weighted by atomic mass is 16.5. The Balaban J connectivity index is 1.89. The number of aromatic amines is 1. The summed E-state index contributed by atoms with van der Waals surface area (Å²) in [5.41, 5.74) is 10.7. The second-order valence-corrected chi connectivity index (χ2v) is 4.75. The van der Waals surface area contributed by atoms with Crippen molar-refractivity contribution in [1.29, 1.82) is 0 Å². The number of nitrogens with two attached hydrogens (primary N) is 2.